The zero-order valence-electron chi connectivity index (χ0n) is 16.3. The van der Waals surface area contributed by atoms with Crippen molar-refractivity contribution < 1.29 is 23.9 Å². The Kier molecular flexibility index (Phi) is 8.67. The maximum Gasteiger partial charge on any atom is 0.306 e. The summed E-state index contributed by atoms with van der Waals surface area (Å²) in [5, 5.41) is 5.37. The summed E-state index contributed by atoms with van der Waals surface area (Å²) in [5.41, 5.74) is 2.15. The molecular weight excluding hydrogens is 440 g/mol. The molecule has 0 spiro atoms. The topological polar surface area (TPSA) is 93.7 Å². The van der Waals surface area contributed by atoms with Crippen LogP contribution in [0.3, 0.4) is 0 Å². The normalized spacial score (nSPS) is 10.2. The number of anilines is 2. The van der Waals surface area contributed by atoms with E-state index in [9.17, 15) is 14.4 Å². The van der Waals surface area contributed by atoms with E-state index in [1.54, 1.807) is 30.3 Å². The Labute approximate surface area is 177 Å². The van der Waals surface area contributed by atoms with Crippen molar-refractivity contribution >= 4 is 45.1 Å². The molecule has 2 rings (SSSR count). The number of ether oxygens (including phenoxy) is 2. The van der Waals surface area contributed by atoms with E-state index >= 15 is 0 Å². The number of rotatable bonds is 9. The number of nitrogens with one attached hydrogen (secondary N) is 2. The lowest BCUT2D eigenvalue weighted by Gasteiger charge is -2.09. The summed E-state index contributed by atoms with van der Waals surface area (Å²) in [6, 6.07) is 12.3. The van der Waals surface area contributed by atoms with Gasteiger partial charge in [0.15, 0.2) is 6.61 Å². The average molecular weight is 463 g/mol. The number of aryl methyl sites for hydroxylation is 1. The summed E-state index contributed by atoms with van der Waals surface area (Å²) >= 11 is 3.36. The van der Waals surface area contributed by atoms with Gasteiger partial charge in [0.05, 0.1) is 13.0 Å². The van der Waals surface area contributed by atoms with Crippen LogP contribution < -0.4 is 15.4 Å². The summed E-state index contributed by atoms with van der Waals surface area (Å²) < 4.78 is 11.2. The first-order valence-electron chi connectivity index (χ1n) is 9.11. The zero-order chi connectivity index (χ0) is 21.2. The molecule has 0 aliphatic heterocycles. The monoisotopic (exact) mass is 462 g/mol. The van der Waals surface area contributed by atoms with Gasteiger partial charge in [0.25, 0.3) is 5.91 Å². The lowest BCUT2D eigenvalue weighted by atomic mass is 10.2. The first-order valence-corrected chi connectivity index (χ1v) is 9.91. The van der Waals surface area contributed by atoms with Gasteiger partial charge in [-0.25, -0.2) is 0 Å². The van der Waals surface area contributed by atoms with Gasteiger partial charge in [-0.3, -0.25) is 14.4 Å². The van der Waals surface area contributed by atoms with Crippen molar-refractivity contribution in [1.29, 1.82) is 0 Å². The van der Waals surface area contributed by atoms with E-state index < -0.39 is 18.5 Å². The fourth-order valence-electron chi connectivity index (χ4n) is 2.41. The third kappa shape index (κ3) is 7.95. The first kappa shape index (κ1) is 22.4. The van der Waals surface area contributed by atoms with Crippen LogP contribution in [-0.2, 0) is 19.1 Å². The van der Waals surface area contributed by atoms with Crippen LogP contribution in [0.5, 0.6) is 5.75 Å². The Morgan fingerprint density at radius 1 is 0.966 bits per heavy atom. The van der Waals surface area contributed by atoms with Crippen LogP contribution >= 0.6 is 15.9 Å². The molecule has 0 aromatic heterocycles. The zero-order valence-corrected chi connectivity index (χ0v) is 17.9. The van der Waals surface area contributed by atoms with Crippen LogP contribution in [0.15, 0.2) is 46.9 Å². The predicted octanol–water partition coefficient (Wildman–Crippen LogP) is 4.06. The minimum Gasteiger partial charge on any atom is -0.494 e. The molecule has 0 unspecified atom stereocenters. The maximum atomic E-state index is 12.0. The highest BCUT2D eigenvalue weighted by molar-refractivity contribution is 9.10. The molecule has 0 bridgehead atoms. The van der Waals surface area contributed by atoms with Crippen LogP contribution in [0.1, 0.15) is 25.3 Å². The third-order valence-electron chi connectivity index (χ3n) is 3.83. The van der Waals surface area contributed by atoms with Gasteiger partial charge < -0.3 is 20.1 Å². The molecule has 8 heteroatoms. The molecule has 0 saturated carbocycles. The van der Waals surface area contributed by atoms with Crippen LogP contribution in [0.4, 0.5) is 11.4 Å². The summed E-state index contributed by atoms with van der Waals surface area (Å²) in [7, 11) is 0. The second-order valence-corrected chi connectivity index (χ2v) is 7.09. The fraction of sp³-hybridized carbons (Fsp3) is 0.286. The van der Waals surface area contributed by atoms with E-state index in [0.29, 0.717) is 23.7 Å². The average Bonchev–Trinajstić information content (AvgIpc) is 2.69. The van der Waals surface area contributed by atoms with E-state index in [-0.39, 0.29) is 18.7 Å². The van der Waals surface area contributed by atoms with Crippen molar-refractivity contribution in [2.75, 3.05) is 23.8 Å². The minimum atomic E-state index is -0.616. The molecule has 154 valence electrons. The van der Waals surface area contributed by atoms with Gasteiger partial charge in [-0.05, 0) is 61.9 Å². The number of hydrogen-bond donors (Lipinski definition) is 2. The van der Waals surface area contributed by atoms with E-state index in [0.717, 1.165) is 10.0 Å². The van der Waals surface area contributed by atoms with E-state index in [4.69, 9.17) is 9.47 Å². The molecule has 0 saturated heterocycles. The lowest BCUT2D eigenvalue weighted by molar-refractivity contribution is -0.147. The quantitative estimate of drug-likeness (QED) is 0.548. The second-order valence-electron chi connectivity index (χ2n) is 6.17. The van der Waals surface area contributed by atoms with Crippen molar-refractivity contribution in [3.63, 3.8) is 0 Å². The van der Waals surface area contributed by atoms with Crippen LogP contribution in [-0.4, -0.2) is 31.0 Å². The number of carbonyl (C=O) groups is 3. The van der Waals surface area contributed by atoms with Gasteiger partial charge in [-0.15, -0.1) is 0 Å². The number of benzene rings is 2. The van der Waals surface area contributed by atoms with Gasteiger partial charge in [0.1, 0.15) is 5.75 Å². The smallest absolute Gasteiger partial charge is 0.306 e. The Morgan fingerprint density at radius 3 is 2.34 bits per heavy atom. The number of carbonyl (C=O) groups excluding carboxylic acids is 3. The lowest BCUT2D eigenvalue weighted by Crippen LogP contribution is -2.21. The molecule has 2 amide bonds. The number of halogens is 1. The van der Waals surface area contributed by atoms with Crippen LogP contribution in [0.2, 0.25) is 0 Å². The van der Waals surface area contributed by atoms with Crippen molar-refractivity contribution in [2.45, 2.75) is 26.7 Å². The Bertz CT molecular complexity index is 868. The second kappa shape index (κ2) is 11.2. The van der Waals surface area contributed by atoms with Gasteiger partial charge in [0.2, 0.25) is 5.91 Å². The molecule has 0 heterocycles. The standard InChI is InChI=1S/C21H23BrN2O5/c1-3-28-17-7-5-16(6-8-17)23-20(26)13-29-21(27)11-10-19(25)24-18-9-4-15(22)12-14(18)2/h4-9,12H,3,10-11,13H2,1-2H3,(H,23,26)(H,24,25). The van der Waals surface area contributed by atoms with Crippen LogP contribution in [0, 0.1) is 6.92 Å². The van der Waals surface area contributed by atoms with Gasteiger partial charge in [0, 0.05) is 22.3 Å². The SMILES string of the molecule is CCOc1ccc(NC(=O)COC(=O)CCC(=O)Nc2ccc(Br)cc2C)cc1. The molecule has 0 aliphatic rings. The summed E-state index contributed by atoms with van der Waals surface area (Å²) in [6.07, 6.45) is -0.146. The van der Waals surface area contributed by atoms with Crippen molar-refractivity contribution in [2.24, 2.45) is 0 Å². The van der Waals surface area contributed by atoms with E-state index in [1.165, 1.54) is 0 Å². The summed E-state index contributed by atoms with van der Waals surface area (Å²) in [4.78, 5) is 35.6. The number of esters is 1. The molecule has 7 nitrogen and oxygen atoms in total. The Balaban J connectivity index is 1.69. The minimum absolute atomic E-state index is 0.0329. The highest BCUT2D eigenvalue weighted by Gasteiger charge is 2.12. The molecule has 0 aliphatic carbocycles. The molecule has 0 radical (unpaired) electrons. The highest BCUT2D eigenvalue weighted by atomic mass is 79.9. The van der Waals surface area contributed by atoms with Crippen molar-refractivity contribution in [3.05, 3.63) is 52.5 Å². The van der Waals surface area contributed by atoms with E-state index in [2.05, 4.69) is 26.6 Å². The van der Waals surface area contributed by atoms with Gasteiger partial charge >= 0.3 is 5.97 Å². The summed E-state index contributed by atoms with van der Waals surface area (Å²) in [5.74, 6) is -0.674. The largest absolute Gasteiger partial charge is 0.494 e. The Hall–Kier alpha value is -2.87. The molecular formula is C21H23BrN2O5. The number of amides is 2. The molecule has 2 aromatic carbocycles. The highest BCUT2D eigenvalue weighted by Crippen LogP contribution is 2.20. The Morgan fingerprint density at radius 2 is 1.69 bits per heavy atom. The van der Waals surface area contributed by atoms with E-state index in [1.807, 2.05) is 26.0 Å². The predicted molar refractivity (Wildman–Crippen MR) is 114 cm³/mol. The molecule has 0 atom stereocenters. The van der Waals surface area contributed by atoms with Crippen molar-refractivity contribution in [1.82, 2.24) is 0 Å². The number of hydrogen-bond acceptors (Lipinski definition) is 5. The first-order chi connectivity index (χ1) is 13.9. The molecule has 2 aromatic rings. The van der Waals surface area contributed by atoms with Gasteiger partial charge in [-0.1, -0.05) is 15.9 Å². The summed E-state index contributed by atoms with van der Waals surface area (Å²) in [6.45, 7) is 3.90. The molecule has 29 heavy (non-hydrogen) atoms. The van der Waals surface area contributed by atoms with Gasteiger partial charge in [-0.2, -0.15) is 0 Å². The molecule has 2 N–H and O–H groups in total. The van der Waals surface area contributed by atoms with Crippen molar-refractivity contribution in [3.8, 4) is 5.75 Å². The molecule has 0 fully saturated rings. The maximum absolute atomic E-state index is 12.0. The third-order valence-corrected chi connectivity index (χ3v) is 4.33. The fourth-order valence-corrected chi connectivity index (χ4v) is 2.89. The van der Waals surface area contributed by atoms with Crippen LogP contribution in [0.25, 0.3) is 0 Å².